The molecule has 1 amide bonds. The molecule has 0 aliphatic rings. The number of para-hydroxylation sites is 1. The van der Waals surface area contributed by atoms with Crippen molar-refractivity contribution in [3.05, 3.63) is 88.9 Å². The predicted molar refractivity (Wildman–Crippen MR) is 142 cm³/mol. The largest absolute Gasteiger partial charge is 0.493 e. The van der Waals surface area contributed by atoms with Gasteiger partial charge in [0.05, 0.1) is 41.7 Å². The maximum absolute atomic E-state index is 13.1. The fraction of sp³-hybridized carbons (Fsp3) is 0.143. The van der Waals surface area contributed by atoms with E-state index in [1.165, 1.54) is 13.3 Å². The summed E-state index contributed by atoms with van der Waals surface area (Å²) in [6, 6.07) is 22.0. The van der Waals surface area contributed by atoms with E-state index < -0.39 is 5.97 Å². The van der Waals surface area contributed by atoms with Crippen LogP contribution in [0.4, 0.5) is 0 Å². The number of benzene rings is 3. The second-order valence-corrected chi connectivity index (χ2v) is 8.17. The Morgan fingerprint density at radius 1 is 1.05 bits per heavy atom. The average Bonchev–Trinajstić information content (AvgIpc) is 2.92. The highest BCUT2D eigenvalue weighted by Crippen LogP contribution is 2.36. The molecule has 0 radical (unpaired) electrons. The number of methoxy groups -OCH3 is 1. The van der Waals surface area contributed by atoms with Crippen molar-refractivity contribution in [3.8, 4) is 22.8 Å². The van der Waals surface area contributed by atoms with Gasteiger partial charge in [-0.25, -0.2) is 15.2 Å². The monoisotopic (exact) mass is 517 g/mol. The summed E-state index contributed by atoms with van der Waals surface area (Å²) in [7, 11) is 1.45. The van der Waals surface area contributed by atoms with Gasteiger partial charge in [0, 0.05) is 10.9 Å². The molecule has 0 aliphatic carbocycles. The third-order valence-electron chi connectivity index (χ3n) is 5.30. The summed E-state index contributed by atoms with van der Waals surface area (Å²) in [4.78, 5) is 29.4. The predicted octanol–water partition coefficient (Wildman–Crippen LogP) is 5.27. The maximum atomic E-state index is 13.1. The van der Waals surface area contributed by atoms with E-state index in [-0.39, 0.29) is 29.9 Å². The first-order chi connectivity index (χ1) is 18.0. The maximum Gasteiger partial charge on any atom is 0.344 e. The van der Waals surface area contributed by atoms with Gasteiger partial charge in [-0.05, 0) is 36.8 Å². The van der Waals surface area contributed by atoms with Crippen molar-refractivity contribution in [1.29, 1.82) is 0 Å². The van der Waals surface area contributed by atoms with Crippen molar-refractivity contribution in [3.63, 3.8) is 0 Å². The van der Waals surface area contributed by atoms with Crippen molar-refractivity contribution >= 4 is 40.6 Å². The van der Waals surface area contributed by atoms with E-state index in [1.54, 1.807) is 25.1 Å². The van der Waals surface area contributed by atoms with Gasteiger partial charge >= 0.3 is 5.97 Å². The molecule has 1 heterocycles. The number of pyridine rings is 1. The SMILES string of the molecule is CCOC(=O)COc1c(Cl)cc(/C=N/NC(=O)c2cc(-c3ccccc3)nc3ccccc23)cc1OC. The average molecular weight is 518 g/mol. The molecular formula is C28H24ClN3O5. The first-order valence-electron chi connectivity index (χ1n) is 11.4. The second kappa shape index (κ2) is 12.0. The number of hydrazone groups is 1. The highest BCUT2D eigenvalue weighted by Gasteiger charge is 2.15. The zero-order chi connectivity index (χ0) is 26.2. The molecule has 0 aliphatic heterocycles. The minimum Gasteiger partial charge on any atom is -0.493 e. The normalized spacial score (nSPS) is 10.9. The first-order valence-corrected chi connectivity index (χ1v) is 11.8. The Morgan fingerprint density at radius 3 is 2.57 bits per heavy atom. The molecule has 1 aromatic heterocycles. The van der Waals surface area contributed by atoms with Crippen LogP contribution in [0.25, 0.3) is 22.2 Å². The minimum absolute atomic E-state index is 0.204. The summed E-state index contributed by atoms with van der Waals surface area (Å²) in [5, 5.41) is 5.02. The molecule has 0 atom stereocenters. The molecule has 0 bridgehead atoms. The highest BCUT2D eigenvalue weighted by molar-refractivity contribution is 6.32. The number of carbonyl (C=O) groups excluding carboxylic acids is 2. The first kappa shape index (κ1) is 25.7. The van der Waals surface area contributed by atoms with Crippen LogP contribution in [0.5, 0.6) is 11.5 Å². The molecule has 0 saturated carbocycles. The minimum atomic E-state index is -0.520. The Balaban J connectivity index is 1.55. The van der Waals surface area contributed by atoms with Crippen molar-refractivity contribution in [2.24, 2.45) is 5.10 Å². The van der Waals surface area contributed by atoms with Crippen molar-refractivity contribution in [1.82, 2.24) is 10.4 Å². The number of hydrogen-bond donors (Lipinski definition) is 1. The van der Waals surface area contributed by atoms with Crippen LogP contribution in [-0.2, 0) is 9.53 Å². The van der Waals surface area contributed by atoms with E-state index in [4.69, 9.17) is 30.8 Å². The molecule has 4 aromatic rings. The lowest BCUT2D eigenvalue weighted by Gasteiger charge is -2.12. The lowest BCUT2D eigenvalue weighted by Crippen LogP contribution is -2.18. The van der Waals surface area contributed by atoms with Crippen LogP contribution in [-0.4, -0.2) is 43.4 Å². The van der Waals surface area contributed by atoms with Crippen LogP contribution in [0, 0.1) is 0 Å². The Bertz CT molecular complexity index is 1460. The summed E-state index contributed by atoms with van der Waals surface area (Å²) >= 11 is 6.34. The number of esters is 1. The Kier molecular flexibility index (Phi) is 8.33. The molecular weight excluding hydrogens is 494 g/mol. The van der Waals surface area contributed by atoms with Crippen LogP contribution in [0.15, 0.2) is 77.9 Å². The number of amides is 1. The molecule has 4 rings (SSSR count). The number of hydrogen-bond acceptors (Lipinski definition) is 7. The Morgan fingerprint density at radius 2 is 1.81 bits per heavy atom. The number of fused-ring (bicyclic) bond motifs is 1. The van der Waals surface area contributed by atoms with E-state index in [0.29, 0.717) is 33.5 Å². The topological polar surface area (TPSA) is 99.1 Å². The summed E-state index contributed by atoms with van der Waals surface area (Å²) in [6.45, 7) is 1.65. The third-order valence-corrected chi connectivity index (χ3v) is 5.58. The number of nitrogens with one attached hydrogen (secondary N) is 1. The summed E-state index contributed by atoms with van der Waals surface area (Å²) in [6.07, 6.45) is 1.43. The lowest BCUT2D eigenvalue weighted by molar-refractivity contribution is -0.145. The number of halogens is 1. The summed E-state index contributed by atoms with van der Waals surface area (Å²) in [5.41, 5.74) is 5.85. The molecule has 37 heavy (non-hydrogen) atoms. The molecule has 8 nitrogen and oxygen atoms in total. The van der Waals surface area contributed by atoms with Crippen LogP contribution in [0.1, 0.15) is 22.8 Å². The van der Waals surface area contributed by atoms with Gasteiger partial charge in [0.2, 0.25) is 0 Å². The third kappa shape index (κ3) is 6.23. The number of ether oxygens (including phenoxy) is 3. The van der Waals surface area contributed by atoms with Gasteiger partial charge in [0.1, 0.15) is 0 Å². The van der Waals surface area contributed by atoms with Crippen LogP contribution < -0.4 is 14.9 Å². The lowest BCUT2D eigenvalue weighted by atomic mass is 10.0. The molecule has 1 N–H and O–H groups in total. The quantitative estimate of drug-likeness (QED) is 0.184. The van der Waals surface area contributed by atoms with Gasteiger partial charge in [-0.15, -0.1) is 0 Å². The Hall–Kier alpha value is -4.43. The van der Waals surface area contributed by atoms with Gasteiger partial charge in [-0.3, -0.25) is 4.79 Å². The fourth-order valence-electron chi connectivity index (χ4n) is 3.63. The van der Waals surface area contributed by atoms with Gasteiger partial charge in [-0.1, -0.05) is 60.1 Å². The zero-order valence-electron chi connectivity index (χ0n) is 20.2. The van der Waals surface area contributed by atoms with Crippen molar-refractivity contribution < 1.29 is 23.8 Å². The number of carbonyl (C=O) groups is 2. The summed E-state index contributed by atoms with van der Waals surface area (Å²) < 4.78 is 15.7. The zero-order valence-corrected chi connectivity index (χ0v) is 21.0. The van der Waals surface area contributed by atoms with Gasteiger partial charge in [0.25, 0.3) is 5.91 Å². The number of aromatic nitrogens is 1. The second-order valence-electron chi connectivity index (χ2n) is 7.77. The van der Waals surface area contributed by atoms with Crippen molar-refractivity contribution in [2.45, 2.75) is 6.92 Å². The van der Waals surface area contributed by atoms with Crippen LogP contribution in [0.3, 0.4) is 0 Å². The Labute approximate surface area is 218 Å². The standard InChI is InChI=1S/C28H24ClN3O5/c1-3-36-26(33)17-37-27-22(29)13-18(14-25(27)35-2)16-30-32-28(34)21-15-24(19-9-5-4-6-10-19)31-23-12-8-7-11-20(21)23/h4-16H,3,17H2,1-2H3,(H,32,34)/b30-16+. The van der Waals surface area contributed by atoms with E-state index in [9.17, 15) is 9.59 Å². The highest BCUT2D eigenvalue weighted by atomic mass is 35.5. The van der Waals surface area contributed by atoms with Crippen molar-refractivity contribution in [2.75, 3.05) is 20.3 Å². The van der Waals surface area contributed by atoms with Gasteiger partial charge < -0.3 is 14.2 Å². The molecule has 0 saturated heterocycles. The van der Waals surface area contributed by atoms with Crippen LogP contribution in [0.2, 0.25) is 5.02 Å². The summed E-state index contributed by atoms with van der Waals surface area (Å²) in [5.74, 6) is -0.403. The van der Waals surface area contributed by atoms with Crippen LogP contribution >= 0.6 is 11.6 Å². The van der Waals surface area contributed by atoms with E-state index in [0.717, 1.165) is 5.56 Å². The fourth-order valence-corrected chi connectivity index (χ4v) is 3.91. The number of nitrogens with zero attached hydrogens (tertiary/aromatic N) is 2. The smallest absolute Gasteiger partial charge is 0.344 e. The van der Waals surface area contributed by atoms with E-state index >= 15 is 0 Å². The molecule has 0 spiro atoms. The van der Waals surface area contributed by atoms with E-state index in [1.807, 2.05) is 54.6 Å². The number of rotatable bonds is 9. The van der Waals surface area contributed by atoms with Gasteiger partial charge in [-0.2, -0.15) is 5.10 Å². The molecule has 9 heteroatoms. The van der Waals surface area contributed by atoms with Gasteiger partial charge in [0.15, 0.2) is 18.1 Å². The molecule has 188 valence electrons. The molecule has 0 fully saturated rings. The molecule has 0 unspecified atom stereocenters. The molecule has 3 aromatic carbocycles. The van der Waals surface area contributed by atoms with E-state index in [2.05, 4.69) is 10.5 Å².